The van der Waals surface area contributed by atoms with Crippen molar-refractivity contribution in [3.8, 4) is 0 Å². The van der Waals surface area contributed by atoms with Gasteiger partial charge in [0.15, 0.2) is 0 Å². The molecule has 2 rings (SSSR count). The summed E-state index contributed by atoms with van der Waals surface area (Å²) in [7, 11) is 0. The van der Waals surface area contributed by atoms with Crippen molar-refractivity contribution in [2.45, 2.75) is 26.2 Å². The molecule has 1 N–H and O–H groups in total. The Labute approximate surface area is 105 Å². The molecule has 92 valence electrons. The van der Waals surface area contributed by atoms with Gasteiger partial charge in [0.1, 0.15) is 0 Å². The van der Waals surface area contributed by atoms with Crippen LogP contribution in [0.15, 0.2) is 16.6 Å². The monoisotopic (exact) mass is 252 g/mol. The van der Waals surface area contributed by atoms with E-state index in [2.05, 4.69) is 12.1 Å². The second kappa shape index (κ2) is 5.31. The first-order chi connectivity index (χ1) is 8.26. The van der Waals surface area contributed by atoms with Crippen LogP contribution in [0, 0.1) is 0 Å². The van der Waals surface area contributed by atoms with E-state index in [1.165, 1.54) is 11.3 Å². The van der Waals surface area contributed by atoms with Gasteiger partial charge in [0, 0.05) is 25.9 Å². The maximum Gasteiger partial charge on any atom is 0.264 e. The maximum absolute atomic E-state index is 12.3. The highest BCUT2D eigenvalue weighted by Crippen LogP contribution is 2.21. The number of amides is 1. The van der Waals surface area contributed by atoms with Crippen LogP contribution in [0.2, 0.25) is 0 Å². The number of piperidine rings is 1. The average molecular weight is 252 g/mol. The van der Waals surface area contributed by atoms with E-state index in [0.717, 1.165) is 22.6 Å². The summed E-state index contributed by atoms with van der Waals surface area (Å²) < 4.78 is 0. The van der Waals surface area contributed by atoms with Crippen LogP contribution in [0.3, 0.4) is 0 Å². The average Bonchev–Trinajstić information content (AvgIpc) is 2.86. The number of hydrogen-bond acceptors (Lipinski definition) is 4. The van der Waals surface area contributed by atoms with E-state index in [9.17, 15) is 4.79 Å². The van der Waals surface area contributed by atoms with Gasteiger partial charge in [0.05, 0.1) is 10.6 Å². The first-order valence-corrected chi connectivity index (χ1v) is 6.69. The van der Waals surface area contributed by atoms with Crippen LogP contribution in [0.25, 0.3) is 0 Å². The molecule has 0 aliphatic carbocycles. The van der Waals surface area contributed by atoms with Crippen molar-refractivity contribution < 1.29 is 10.0 Å². The van der Waals surface area contributed by atoms with Crippen LogP contribution >= 0.6 is 11.3 Å². The van der Waals surface area contributed by atoms with E-state index in [4.69, 9.17) is 5.21 Å². The van der Waals surface area contributed by atoms with Crippen LogP contribution in [0.4, 0.5) is 0 Å². The van der Waals surface area contributed by atoms with Crippen molar-refractivity contribution >= 4 is 23.0 Å². The molecular formula is C12H16N2O2S. The van der Waals surface area contributed by atoms with Gasteiger partial charge in [-0.15, -0.1) is 11.3 Å². The summed E-state index contributed by atoms with van der Waals surface area (Å²) in [5, 5.41) is 13.9. The van der Waals surface area contributed by atoms with E-state index >= 15 is 0 Å². The summed E-state index contributed by atoms with van der Waals surface area (Å²) in [6.45, 7) is 3.37. The number of carbonyl (C=O) groups excluding carboxylic acids is 1. The van der Waals surface area contributed by atoms with E-state index in [1.807, 2.05) is 16.3 Å². The van der Waals surface area contributed by atoms with Crippen molar-refractivity contribution in [3.05, 3.63) is 21.9 Å². The summed E-state index contributed by atoms with van der Waals surface area (Å²) in [6, 6.07) is 2.02. The molecule has 1 aliphatic heterocycles. The van der Waals surface area contributed by atoms with Crippen LogP contribution < -0.4 is 0 Å². The van der Waals surface area contributed by atoms with Crippen molar-refractivity contribution in [3.63, 3.8) is 0 Å². The molecule has 1 aliphatic rings. The molecule has 1 amide bonds. The van der Waals surface area contributed by atoms with Gasteiger partial charge in [-0.05, 0) is 23.4 Å². The molecule has 1 fully saturated rings. The Morgan fingerprint density at radius 3 is 2.82 bits per heavy atom. The second-order valence-electron chi connectivity index (χ2n) is 4.09. The zero-order chi connectivity index (χ0) is 12.3. The third-order valence-corrected chi connectivity index (χ3v) is 4.04. The quantitative estimate of drug-likeness (QED) is 0.649. The normalized spacial score (nSPS) is 16.1. The third-order valence-electron chi connectivity index (χ3n) is 3.09. The Hall–Kier alpha value is -1.36. The molecule has 0 spiro atoms. The summed E-state index contributed by atoms with van der Waals surface area (Å²) in [5.74, 6) is 0.119. The largest absolute Gasteiger partial charge is 0.411 e. The van der Waals surface area contributed by atoms with Crippen LogP contribution in [0.5, 0.6) is 0 Å². The van der Waals surface area contributed by atoms with Crippen LogP contribution in [0.1, 0.15) is 35.0 Å². The molecule has 1 aromatic rings. The summed E-state index contributed by atoms with van der Waals surface area (Å²) in [4.78, 5) is 15.0. The van der Waals surface area contributed by atoms with Crippen molar-refractivity contribution in [2.24, 2.45) is 5.16 Å². The molecular weight excluding hydrogens is 236 g/mol. The number of rotatable bonds is 2. The molecule has 0 bridgehead atoms. The first kappa shape index (κ1) is 12.1. The first-order valence-electron chi connectivity index (χ1n) is 5.81. The molecule has 0 unspecified atom stereocenters. The fraction of sp³-hybridized carbons (Fsp3) is 0.500. The van der Waals surface area contributed by atoms with Crippen molar-refractivity contribution in [2.75, 3.05) is 13.1 Å². The Morgan fingerprint density at radius 2 is 2.24 bits per heavy atom. The minimum Gasteiger partial charge on any atom is -0.411 e. The molecule has 1 saturated heterocycles. The number of hydrogen-bond donors (Lipinski definition) is 1. The lowest BCUT2D eigenvalue weighted by Crippen LogP contribution is -2.38. The lowest BCUT2D eigenvalue weighted by molar-refractivity contribution is 0.0757. The minimum atomic E-state index is 0.119. The third kappa shape index (κ3) is 2.49. The smallest absolute Gasteiger partial charge is 0.264 e. The van der Waals surface area contributed by atoms with Crippen LogP contribution in [-0.4, -0.2) is 34.8 Å². The molecule has 0 atom stereocenters. The van der Waals surface area contributed by atoms with Gasteiger partial charge in [-0.2, -0.15) is 0 Å². The Kier molecular flexibility index (Phi) is 3.78. The van der Waals surface area contributed by atoms with E-state index < -0.39 is 0 Å². The molecule has 2 heterocycles. The minimum absolute atomic E-state index is 0.119. The number of nitrogens with zero attached hydrogens (tertiary/aromatic N) is 2. The zero-order valence-corrected chi connectivity index (χ0v) is 10.7. The lowest BCUT2D eigenvalue weighted by Gasteiger charge is -2.27. The standard InChI is InChI=1S/C12H16N2O2S/c1-2-9-5-8-17-11(9)12(15)14-6-3-10(13-16)4-7-14/h5,8,16H,2-4,6-7H2,1H3. The van der Waals surface area contributed by atoms with E-state index in [1.54, 1.807) is 0 Å². The number of thiophene rings is 1. The molecule has 0 saturated carbocycles. The van der Waals surface area contributed by atoms with Crippen molar-refractivity contribution in [1.29, 1.82) is 0 Å². The van der Waals surface area contributed by atoms with Crippen molar-refractivity contribution in [1.82, 2.24) is 4.90 Å². The fourth-order valence-corrected chi connectivity index (χ4v) is 2.98. The Balaban J connectivity index is 2.07. The highest BCUT2D eigenvalue weighted by Gasteiger charge is 2.23. The number of carbonyl (C=O) groups is 1. The van der Waals surface area contributed by atoms with E-state index in [0.29, 0.717) is 25.9 Å². The molecule has 5 heteroatoms. The molecule has 0 radical (unpaired) electrons. The summed E-state index contributed by atoms with van der Waals surface area (Å²) >= 11 is 1.51. The summed E-state index contributed by atoms with van der Waals surface area (Å²) in [6.07, 6.45) is 2.24. The highest BCUT2D eigenvalue weighted by molar-refractivity contribution is 7.12. The Bertz CT molecular complexity index is 429. The molecule has 17 heavy (non-hydrogen) atoms. The predicted octanol–water partition coefficient (Wildman–Crippen LogP) is 2.38. The fourth-order valence-electron chi connectivity index (χ4n) is 2.01. The number of likely N-dealkylation sites (tertiary alicyclic amines) is 1. The molecule has 1 aromatic heterocycles. The lowest BCUT2D eigenvalue weighted by atomic mass is 10.1. The number of aryl methyl sites for hydroxylation is 1. The predicted molar refractivity (Wildman–Crippen MR) is 68.1 cm³/mol. The number of oxime groups is 1. The highest BCUT2D eigenvalue weighted by atomic mass is 32.1. The van der Waals surface area contributed by atoms with Gasteiger partial charge in [0.25, 0.3) is 5.91 Å². The van der Waals surface area contributed by atoms with Crippen LogP contribution in [-0.2, 0) is 6.42 Å². The van der Waals surface area contributed by atoms with Gasteiger partial charge in [-0.1, -0.05) is 12.1 Å². The zero-order valence-electron chi connectivity index (χ0n) is 9.85. The van der Waals surface area contributed by atoms with E-state index in [-0.39, 0.29) is 5.91 Å². The summed E-state index contributed by atoms with van der Waals surface area (Å²) in [5.41, 5.74) is 1.91. The van der Waals surface area contributed by atoms with Gasteiger partial charge in [0.2, 0.25) is 0 Å². The molecule has 0 aromatic carbocycles. The molecule has 4 nitrogen and oxygen atoms in total. The van der Waals surface area contributed by atoms with Gasteiger partial charge >= 0.3 is 0 Å². The SMILES string of the molecule is CCc1ccsc1C(=O)N1CCC(=NO)CC1. The van der Waals surface area contributed by atoms with Gasteiger partial charge in [-0.25, -0.2) is 0 Å². The Morgan fingerprint density at radius 1 is 1.53 bits per heavy atom. The van der Waals surface area contributed by atoms with Gasteiger partial charge < -0.3 is 10.1 Å². The maximum atomic E-state index is 12.3. The van der Waals surface area contributed by atoms with Gasteiger partial charge in [-0.3, -0.25) is 4.79 Å². The topological polar surface area (TPSA) is 52.9 Å². The second-order valence-corrected chi connectivity index (χ2v) is 5.00.